The van der Waals surface area contributed by atoms with E-state index < -0.39 is 0 Å². The van der Waals surface area contributed by atoms with Gasteiger partial charge in [-0.15, -0.1) is 0 Å². The first-order valence-electron chi connectivity index (χ1n) is 8.80. The zero-order valence-electron chi connectivity index (χ0n) is 13.9. The van der Waals surface area contributed by atoms with Crippen molar-refractivity contribution in [1.29, 1.82) is 0 Å². The summed E-state index contributed by atoms with van der Waals surface area (Å²) < 4.78 is 0. The second-order valence-corrected chi connectivity index (χ2v) is 5.51. The summed E-state index contributed by atoms with van der Waals surface area (Å²) in [6.07, 6.45) is 28.7. The van der Waals surface area contributed by atoms with E-state index >= 15 is 0 Å². The van der Waals surface area contributed by atoms with Crippen LogP contribution in [0.4, 0.5) is 0 Å². The van der Waals surface area contributed by atoms with Crippen LogP contribution in [0.5, 0.6) is 0 Å². The summed E-state index contributed by atoms with van der Waals surface area (Å²) in [5.41, 5.74) is 0. The zero-order valence-corrected chi connectivity index (χ0v) is 13.9. The largest absolute Gasteiger partial charge is 0.303 e. The molecule has 0 aliphatic rings. The average Bonchev–Trinajstić information content (AvgIpc) is 2.50. The van der Waals surface area contributed by atoms with Crippen LogP contribution in [0.1, 0.15) is 84.0 Å². The minimum Gasteiger partial charge on any atom is -0.303 e. The van der Waals surface area contributed by atoms with Gasteiger partial charge in [-0.1, -0.05) is 75.5 Å². The third-order valence-electron chi connectivity index (χ3n) is 3.47. The fourth-order valence-corrected chi connectivity index (χ4v) is 2.20. The molecule has 0 aromatic rings. The van der Waals surface area contributed by atoms with E-state index in [-0.39, 0.29) is 0 Å². The van der Waals surface area contributed by atoms with Gasteiger partial charge in [0, 0.05) is 6.42 Å². The molecule has 120 valence electrons. The molecule has 21 heavy (non-hydrogen) atoms. The fraction of sp³-hybridized carbons (Fsp3) is 0.650. The molecule has 0 fully saturated rings. The summed E-state index contributed by atoms with van der Waals surface area (Å²) in [5, 5.41) is 0. The maximum absolute atomic E-state index is 10.2. The van der Waals surface area contributed by atoms with Crippen LogP contribution in [0.2, 0.25) is 0 Å². The van der Waals surface area contributed by atoms with E-state index in [0.717, 1.165) is 38.4 Å². The molecule has 0 unspecified atom stereocenters. The van der Waals surface area contributed by atoms with Gasteiger partial charge in [-0.05, 0) is 38.5 Å². The van der Waals surface area contributed by atoms with E-state index in [4.69, 9.17) is 0 Å². The van der Waals surface area contributed by atoms with Gasteiger partial charge in [0.05, 0.1) is 0 Å². The van der Waals surface area contributed by atoms with Crippen LogP contribution in [0.3, 0.4) is 0 Å². The molecular formula is C20H34O. The van der Waals surface area contributed by atoms with Crippen LogP contribution in [-0.2, 0) is 4.79 Å². The Morgan fingerprint density at radius 1 is 0.571 bits per heavy atom. The summed E-state index contributed by atoms with van der Waals surface area (Å²) in [4.78, 5) is 10.2. The Balaban J connectivity index is 3.18. The van der Waals surface area contributed by atoms with Gasteiger partial charge in [0.2, 0.25) is 0 Å². The van der Waals surface area contributed by atoms with Gasteiger partial charge >= 0.3 is 0 Å². The van der Waals surface area contributed by atoms with E-state index in [1.807, 2.05) is 0 Å². The minimum atomic E-state index is 0.744. The lowest BCUT2D eigenvalue weighted by Crippen LogP contribution is -1.81. The van der Waals surface area contributed by atoms with Crippen LogP contribution in [0.25, 0.3) is 0 Å². The van der Waals surface area contributed by atoms with Gasteiger partial charge in [0.25, 0.3) is 0 Å². The second kappa shape index (κ2) is 18.9. The van der Waals surface area contributed by atoms with E-state index in [1.54, 1.807) is 0 Å². The Hall–Kier alpha value is -1.11. The molecule has 0 aliphatic carbocycles. The predicted octanol–water partition coefficient (Wildman–Crippen LogP) is 6.56. The number of carbonyl (C=O) groups is 1. The van der Waals surface area contributed by atoms with Crippen molar-refractivity contribution in [3.63, 3.8) is 0 Å². The van der Waals surface area contributed by atoms with Crippen LogP contribution >= 0.6 is 0 Å². The number of allylic oxidation sites excluding steroid dienone is 6. The van der Waals surface area contributed by atoms with Gasteiger partial charge in [-0.25, -0.2) is 0 Å². The average molecular weight is 290 g/mol. The fourth-order valence-electron chi connectivity index (χ4n) is 2.20. The van der Waals surface area contributed by atoms with E-state index in [2.05, 4.69) is 43.4 Å². The van der Waals surface area contributed by atoms with Crippen molar-refractivity contribution in [3.05, 3.63) is 36.5 Å². The Kier molecular flexibility index (Phi) is 17.9. The van der Waals surface area contributed by atoms with Gasteiger partial charge < -0.3 is 4.79 Å². The normalized spacial score (nSPS) is 12.0. The van der Waals surface area contributed by atoms with E-state index in [1.165, 1.54) is 44.9 Å². The highest BCUT2D eigenvalue weighted by Gasteiger charge is 1.91. The van der Waals surface area contributed by atoms with Crippen molar-refractivity contribution in [1.82, 2.24) is 0 Å². The number of unbranched alkanes of at least 4 members (excludes halogenated alkanes) is 8. The zero-order chi connectivity index (χ0) is 15.4. The molecule has 0 atom stereocenters. The lowest BCUT2D eigenvalue weighted by atomic mass is 10.1. The molecule has 0 aromatic heterocycles. The number of hydrogen-bond donors (Lipinski definition) is 0. The quantitative estimate of drug-likeness (QED) is 0.190. The second-order valence-electron chi connectivity index (χ2n) is 5.51. The highest BCUT2D eigenvalue weighted by atomic mass is 16.1. The highest BCUT2D eigenvalue weighted by molar-refractivity contribution is 5.48. The minimum absolute atomic E-state index is 0.744. The number of rotatable bonds is 15. The molecule has 0 rings (SSSR count). The molecule has 0 aliphatic heterocycles. The summed E-state index contributed by atoms with van der Waals surface area (Å²) in [6, 6.07) is 0. The molecule has 0 heterocycles. The first-order valence-corrected chi connectivity index (χ1v) is 8.80. The smallest absolute Gasteiger partial charge is 0.119 e. The van der Waals surface area contributed by atoms with Gasteiger partial charge in [-0.3, -0.25) is 0 Å². The predicted molar refractivity (Wildman–Crippen MR) is 94.6 cm³/mol. The van der Waals surface area contributed by atoms with Crippen molar-refractivity contribution in [2.75, 3.05) is 0 Å². The Morgan fingerprint density at radius 3 is 1.62 bits per heavy atom. The molecule has 1 heteroatoms. The lowest BCUT2D eigenvalue weighted by Gasteiger charge is -1.99. The third kappa shape index (κ3) is 18.9. The third-order valence-corrected chi connectivity index (χ3v) is 3.47. The Bertz CT molecular complexity index is 286. The molecule has 0 radical (unpaired) electrons. The van der Waals surface area contributed by atoms with Gasteiger partial charge in [0.1, 0.15) is 6.29 Å². The van der Waals surface area contributed by atoms with Crippen molar-refractivity contribution in [2.45, 2.75) is 84.0 Å². The Labute approximate surface area is 132 Å². The summed E-state index contributed by atoms with van der Waals surface area (Å²) in [5.74, 6) is 0. The maximum Gasteiger partial charge on any atom is 0.119 e. The number of hydrogen-bond acceptors (Lipinski definition) is 1. The monoisotopic (exact) mass is 290 g/mol. The molecule has 1 nitrogen and oxygen atoms in total. The van der Waals surface area contributed by atoms with Crippen molar-refractivity contribution in [3.8, 4) is 0 Å². The molecule has 0 N–H and O–H groups in total. The van der Waals surface area contributed by atoms with Crippen LogP contribution in [-0.4, -0.2) is 6.29 Å². The van der Waals surface area contributed by atoms with Crippen LogP contribution < -0.4 is 0 Å². The van der Waals surface area contributed by atoms with E-state index in [9.17, 15) is 4.79 Å². The first kappa shape index (κ1) is 19.9. The van der Waals surface area contributed by atoms with Gasteiger partial charge in [0.15, 0.2) is 0 Å². The molecule has 0 bridgehead atoms. The van der Waals surface area contributed by atoms with Crippen LogP contribution in [0, 0.1) is 0 Å². The van der Waals surface area contributed by atoms with Gasteiger partial charge in [-0.2, -0.15) is 0 Å². The lowest BCUT2D eigenvalue weighted by molar-refractivity contribution is -0.107. The molecule has 0 aromatic carbocycles. The number of carbonyl (C=O) groups excluding carboxylic acids is 1. The van der Waals surface area contributed by atoms with Crippen LogP contribution in [0.15, 0.2) is 36.5 Å². The molecule has 0 amide bonds. The van der Waals surface area contributed by atoms with Crippen molar-refractivity contribution < 1.29 is 4.79 Å². The molecule has 0 spiro atoms. The highest BCUT2D eigenvalue weighted by Crippen LogP contribution is 2.09. The SMILES string of the molecule is CC/C=C/C/C=C/C/C=C/CCCCCCCCCC=O. The summed E-state index contributed by atoms with van der Waals surface area (Å²) >= 11 is 0. The maximum atomic E-state index is 10.2. The number of aldehydes is 1. The first-order chi connectivity index (χ1) is 10.4. The van der Waals surface area contributed by atoms with Crippen molar-refractivity contribution >= 4 is 6.29 Å². The topological polar surface area (TPSA) is 17.1 Å². The molecule has 0 saturated carbocycles. The van der Waals surface area contributed by atoms with Crippen molar-refractivity contribution in [2.24, 2.45) is 0 Å². The molecule has 0 saturated heterocycles. The summed E-state index contributed by atoms with van der Waals surface area (Å²) in [6.45, 7) is 2.16. The van der Waals surface area contributed by atoms with E-state index in [0.29, 0.717) is 0 Å². The summed E-state index contributed by atoms with van der Waals surface area (Å²) in [7, 11) is 0. The standard InChI is InChI=1S/C20H34O/c1-2-3-4-5-6-7-8-9-10-11-12-13-14-15-16-17-18-19-20-21/h3-4,6-7,9-10,20H,2,5,8,11-19H2,1H3/b4-3+,7-6+,10-9+. The molecular weight excluding hydrogens is 256 g/mol. The Morgan fingerprint density at radius 2 is 1.05 bits per heavy atom.